The zero-order valence-corrected chi connectivity index (χ0v) is 12.3. The maximum Gasteiger partial charge on any atom is 0.324 e. The SMILES string of the molecule is C[C@H]1OCCN(S(=O)(=O)c2cc(Cl)cs2)[C@@H]1C(=O)O. The van der Waals surface area contributed by atoms with Crippen molar-refractivity contribution in [3.63, 3.8) is 0 Å². The molecule has 9 heteroatoms. The minimum Gasteiger partial charge on any atom is -0.480 e. The van der Waals surface area contributed by atoms with Gasteiger partial charge in [0.2, 0.25) is 0 Å². The Morgan fingerprint density at radius 1 is 1.63 bits per heavy atom. The van der Waals surface area contributed by atoms with Crippen molar-refractivity contribution in [2.24, 2.45) is 0 Å². The predicted octanol–water partition coefficient (Wildman–Crippen LogP) is 1.26. The predicted molar refractivity (Wildman–Crippen MR) is 70.1 cm³/mol. The number of carboxylic acids is 1. The molecular formula is C10H12ClNO5S2. The van der Waals surface area contributed by atoms with Gasteiger partial charge in [-0.15, -0.1) is 11.3 Å². The van der Waals surface area contributed by atoms with Crippen molar-refractivity contribution >= 4 is 38.9 Å². The molecule has 0 unspecified atom stereocenters. The van der Waals surface area contributed by atoms with Gasteiger partial charge in [-0.2, -0.15) is 4.31 Å². The van der Waals surface area contributed by atoms with Crippen LogP contribution in [0.2, 0.25) is 5.02 Å². The van der Waals surface area contributed by atoms with Crippen LogP contribution in [0, 0.1) is 0 Å². The van der Waals surface area contributed by atoms with Crippen LogP contribution in [0.1, 0.15) is 6.92 Å². The Bertz CT molecular complexity index is 584. The number of halogens is 1. The maximum absolute atomic E-state index is 12.4. The quantitative estimate of drug-likeness (QED) is 0.904. The summed E-state index contributed by atoms with van der Waals surface area (Å²) in [7, 11) is -3.86. The fraction of sp³-hybridized carbons (Fsp3) is 0.500. The maximum atomic E-state index is 12.4. The van der Waals surface area contributed by atoms with Gasteiger partial charge in [0.05, 0.1) is 17.7 Å². The van der Waals surface area contributed by atoms with E-state index in [0.717, 1.165) is 15.6 Å². The minimum atomic E-state index is -3.86. The summed E-state index contributed by atoms with van der Waals surface area (Å²) < 4.78 is 31.1. The standard InChI is InChI=1S/C10H12ClNO5S2/c1-6-9(10(13)14)12(2-3-17-6)19(15,16)8-4-7(11)5-18-8/h4-6,9H,2-3H2,1H3,(H,13,14)/t6-,9+/m1/s1. The molecule has 1 fully saturated rings. The molecule has 0 amide bonds. The molecule has 0 saturated carbocycles. The van der Waals surface area contributed by atoms with Gasteiger partial charge in [0, 0.05) is 11.9 Å². The summed E-state index contributed by atoms with van der Waals surface area (Å²) in [6, 6.07) is 0.0975. The van der Waals surface area contributed by atoms with Crippen LogP contribution in [-0.4, -0.2) is 49.1 Å². The highest BCUT2D eigenvalue weighted by molar-refractivity contribution is 7.91. The summed E-state index contributed by atoms with van der Waals surface area (Å²) in [5, 5.41) is 11.0. The lowest BCUT2D eigenvalue weighted by Gasteiger charge is -2.35. The Hall–Kier alpha value is -0.670. The molecule has 1 aliphatic rings. The van der Waals surface area contributed by atoms with Crippen molar-refractivity contribution in [1.82, 2.24) is 4.31 Å². The molecule has 2 atom stereocenters. The highest BCUT2D eigenvalue weighted by Gasteiger charge is 2.42. The van der Waals surface area contributed by atoms with E-state index in [1.165, 1.54) is 11.4 Å². The number of nitrogens with zero attached hydrogens (tertiary/aromatic N) is 1. The Labute approximate surface area is 119 Å². The molecule has 0 spiro atoms. The van der Waals surface area contributed by atoms with Gasteiger partial charge in [-0.05, 0) is 13.0 Å². The summed E-state index contributed by atoms with van der Waals surface area (Å²) in [6.45, 7) is 1.73. The molecule has 6 nitrogen and oxygen atoms in total. The first-order chi connectivity index (χ1) is 8.84. The third-order valence-electron chi connectivity index (χ3n) is 2.81. The van der Waals surface area contributed by atoms with Crippen LogP contribution in [-0.2, 0) is 19.6 Å². The normalized spacial score (nSPS) is 25.4. The number of ether oxygens (including phenoxy) is 1. The van der Waals surface area contributed by atoms with Crippen molar-refractivity contribution in [2.75, 3.05) is 13.2 Å². The first-order valence-electron chi connectivity index (χ1n) is 5.44. The molecular weight excluding hydrogens is 314 g/mol. The van der Waals surface area contributed by atoms with Gasteiger partial charge in [0.15, 0.2) is 0 Å². The van der Waals surface area contributed by atoms with E-state index in [-0.39, 0.29) is 17.4 Å². The Balaban J connectivity index is 2.40. The van der Waals surface area contributed by atoms with E-state index in [0.29, 0.717) is 5.02 Å². The van der Waals surface area contributed by atoms with Crippen LogP contribution in [0.15, 0.2) is 15.7 Å². The molecule has 0 aliphatic carbocycles. The molecule has 0 aromatic carbocycles. The topological polar surface area (TPSA) is 83.9 Å². The van der Waals surface area contributed by atoms with E-state index in [1.807, 2.05) is 0 Å². The Morgan fingerprint density at radius 2 is 2.32 bits per heavy atom. The first kappa shape index (κ1) is 14.7. The third kappa shape index (κ3) is 2.77. The second-order valence-electron chi connectivity index (χ2n) is 4.06. The largest absolute Gasteiger partial charge is 0.480 e. The van der Waals surface area contributed by atoms with E-state index in [1.54, 1.807) is 6.92 Å². The fourth-order valence-corrected chi connectivity index (χ4v) is 5.10. The van der Waals surface area contributed by atoms with Crippen molar-refractivity contribution in [3.05, 3.63) is 16.5 Å². The number of carbonyl (C=O) groups is 1. The van der Waals surface area contributed by atoms with Gasteiger partial charge in [-0.1, -0.05) is 11.6 Å². The summed E-state index contributed by atoms with van der Waals surface area (Å²) in [6.07, 6.45) is -0.698. The molecule has 2 heterocycles. The second-order valence-corrected chi connectivity index (χ2v) is 7.52. The van der Waals surface area contributed by atoms with Crippen LogP contribution >= 0.6 is 22.9 Å². The molecule has 1 aliphatic heterocycles. The number of carboxylic acid groups (broad SMARTS) is 1. The lowest BCUT2D eigenvalue weighted by atomic mass is 10.1. The van der Waals surface area contributed by atoms with Gasteiger partial charge >= 0.3 is 5.97 Å². The number of sulfonamides is 1. The number of aliphatic carboxylic acids is 1. The average Bonchev–Trinajstić information content (AvgIpc) is 2.75. The van der Waals surface area contributed by atoms with Crippen molar-refractivity contribution in [2.45, 2.75) is 23.3 Å². The van der Waals surface area contributed by atoms with Gasteiger partial charge in [-0.3, -0.25) is 4.79 Å². The number of morpholine rings is 1. The van der Waals surface area contributed by atoms with Crippen LogP contribution in [0.5, 0.6) is 0 Å². The molecule has 1 aromatic rings. The third-order valence-corrected chi connectivity index (χ3v) is 6.45. The van der Waals surface area contributed by atoms with E-state index in [9.17, 15) is 18.3 Å². The summed E-state index contributed by atoms with van der Waals surface area (Å²) >= 11 is 6.69. The second kappa shape index (κ2) is 5.37. The van der Waals surface area contributed by atoms with Crippen LogP contribution in [0.3, 0.4) is 0 Å². The van der Waals surface area contributed by atoms with E-state index in [4.69, 9.17) is 16.3 Å². The Kier molecular flexibility index (Phi) is 4.17. The van der Waals surface area contributed by atoms with Crippen molar-refractivity contribution < 1.29 is 23.1 Å². The molecule has 106 valence electrons. The number of rotatable bonds is 3. The zero-order valence-electron chi connectivity index (χ0n) is 9.95. The molecule has 0 radical (unpaired) electrons. The lowest BCUT2D eigenvalue weighted by Crippen LogP contribution is -2.56. The highest BCUT2D eigenvalue weighted by Crippen LogP contribution is 2.29. The summed E-state index contributed by atoms with van der Waals surface area (Å²) in [5.41, 5.74) is 0. The van der Waals surface area contributed by atoms with Gasteiger partial charge in [-0.25, -0.2) is 8.42 Å². The molecule has 1 aromatic heterocycles. The van der Waals surface area contributed by atoms with Crippen LogP contribution in [0.25, 0.3) is 0 Å². The highest BCUT2D eigenvalue weighted by atomic mass is 35.5. The number of hydrogen-bond donors (Lipinski definition) is 1. The molecule has 1 N–H and O–H groups in total. The first-order valence-corrected chi connectivity index (χ1v) is 8.14. The zero-order chi connectivity index (χ0) is 14.2. The lowest BCUT2D eigenvalue weighted by molar-refractivity contribution is -0.150. The Morgan fingerprint density at radius 3 is 2.84 bits per heavy atom. The van der Waals surface area contributed by atoms with Gasteiger partial charge in [0.25, 0.3) is 10.0 Å². The molecule has 2 rings (SSSR count). The monoisotopic (exact) mass is 325 g/mol. The van der Waals surface area contributed by atoms with E-state index >= 15 is 0 Å². The summed E-state index contributed by atoms with van der Waals surface area (Å²) in [4.78, 5) is 11.2. The minimum absolute atomic E-state index is 0.0131. The molecule has 0 bridgehead atoms. The van der Waals surface area contributed by atoms with E-state index in [2.05, 4.69) is 0 Å². The molecule has 19 heavy (non-hydrogen) atoms. The van der Waals surface area contributed by atoms with Crippen LogP contribution in [0.4, 0.5) is 0 Å². The van der Waals surface area contributed by atoms with Gasteiger partial charge in [0.1, 0.15) is 10.3 Å². The smallest absolute Gasteiger partial charge is 0.324 e. The van der Waals surface area contributed by atoms with Crippen molar-refractivity contribution in [3.8, 4) is 0 Å². The van der Waals surface area contributed by atoms with Crippen molar-refractivity contribution in [1.29, 1.82) is 0 Å². The average molecular weight is 326 g/mol. The number of thiophene rings is 1. The number of hydrogen-bond acceptors (Lipinski definition) is 5. The summed E-state index contributed by atoms with van der Waals surface area (Å²) in [5.74, 6) is -1.22. The molecule has 1 saturated heterocycles. The fourth-order valence-electron chi connectivity index (χ4n) is 1.93. The van der Waals surface area contributed by atoms with Crippen LogP contribution < -0.4 is 0 Å². The van der Waals surface area contributed by atoms with E-state index < -0.39 is 28.1 Å². The van der Waals surface area contributed by atoms with Gasteiger partial charge < -0.3 is 9.84 Å².